The van der Waals surface area contributed by atoms with Crippen molar-refractivity contribution >= 4 is 0 Å². The van der Waals surface area contributed by atoms with Crippen LogP contribution in [0.5, 0.6) is 0 Å². The topological polar surface area (TPSA) is 15.3 Å². The van der Waals surface area contributed by atoms with Gasteiger partial charge in [0.25, 0.3) is 0 Å². The van der Waals surface area contributed by atoms with Crippen LogP contribution < -0.4 is 5.32 Å². The molecular formula is C10H20N2. The van der Waals surface area contributed by atoms with Crippen molar-refractivity contribution < 1.29 is 0 Å². The smallest absolute Gasteiger partial charge is 0.0163 e. The Bertz CT molecular complexity index is 144. The predicted molar refractivity (Wildman–Crippen MR) is 53.3 cm³/mol. The van der Waals surface area contributed by atoms with Crippen LogP contribution in [0.15, 0.2) is 12.2 Å². The maximum Gasteiger partial charge on any atom is 0.0163 e. The molecule has 1 unspecified atom stereocenters. The molecule has 0 aromatic carbocycles. The van der Waals surface area contributed by atoms with E-state index in [4.69, 9.17) is 0 Å². The maximum absolute atomic E-state index is 4.01. The number of piperidine rings is 1. The van der Waals surface area contributed by atoms with Gasteiger partial charge in [-0.15, -0.1) is 0 Å². The van der Waals surface area contributed by atoms with Crippen LogP contribution in [-0.2, 0) is 0 Å². The minimum absolute atomic E-state index is 0.608. The number of nitrogens with one attached hydrogen (secondary N) is 1. The van der Waals surface area contributed by atoms with Crippen molar-refractivity contribution in [1.29, 1.82) is 0 Å². The molecule has 0 spiro atoms. The lowest BCUT2D eigenvalue weighted by Crippen LogP contribution is -2.40. The summed E-state index contributed by atoms with van der Waals surface area (Å²) < 4.78 is 0. The molecule has 1 fully saturated rings. The molecule has 1 saturated heterocycles. The second kappa shape index (κ2) is 4.63. The molecule has 1 aliphatic rings. The van der Waals surface area contributed by atoms with E-state index in [0.29, 0.717) is 6.04 Å². The Hall–Kier alpha value is -0.340. The molecule has 0 aliphatic carbocycles. The van der Waals surface area contributed by atoms with E-state index >= 15 is 0 Å². The molecule has 0 bridgehead atoms. The minimum atomic E-state index is 0.608. The standard InChI is InChI=1S/C10H20N2/c1-9-4-6-12(7-5-9)8-10(2)11-3/h10-11H,1,4-8H2,2-3H3. The van der Waals surface area contributed by atoms with E-state index in [0.717, 1.165) is 0 Å². The fraction of sp³-hybridized carbons (Fsp3) is 0.800. The van der Waals surface area contributed by atoms with Crippen LogP contribution in [0.2, 0.25) is 0 Å². The van der Waals surface area contributed by atoms with Crippen molar-refractivity contribution in [3.05, 3.63) is 12.2 Å². The van der Waals surface area contributed by atoms with E-state index in [1.165, 1.54) is 38.0 Å². The average Bonchev–Trinajstić information content (AvgIpc) is 2.09. The van der Waals surface area contributed by atoms with Crippen LogP contribution in [0, 0.1) is 0 Å². The number of hydrogen-bond donors (Lipinski definition) is 1. The highest BCUT2D eigenvalue weighted by molar-refractivity contribution is 4.99. The third kappa shape index (κ3) is 2.95. The lowest BCUT2D eigenvalue weighted by atomic mass is 10.1. The minimum Gasteiger partial charge on any atom is -0.316 e. The summed E-state index contributed by atoms with van der Waals surface area (Å²) in [6, 6.07) is 0.608. The summed E-state index contributed by atoms with van der Waals surface area (Å²) >= 11 is 0. The molecular weight excluding hydrogens is 148 g/mol. The zero-order chi connectivity index (χ0) is 8.97. The summed E-state index contributed by atoms with van der Waals surface area (Å²) in [6.45, 7) is 9.80. The molecule has 1 rings (SSSR count). The van der Waals surface area contributed by atoms with Crippen molar-refractivity contribution in [3.63, 3.8) is 0 Å². The van der Waals surface area contributed by atoms with Gasteiger partial charge in [-0.1, -0.05) is 12.2 Å². The van der Waals surface area contributed by atoms with Crippen molar-refractivity contribution in [2.45, 2.75) is 25.8 Å². The van der Waals surface area contributed by atoms with Crippen molar-refractivity contribution in [2.75, 3.05) is 26.7 Å². The van der Waals surface area contributed by atoms with E-state index in [1.807, 2.05) is 7.05 Å². The Morgan fingerprint density at radius 1 is 1.50 bits per heavy atom. The molecule has 1 aliphatic heterocycles. The van der Waals surface area contributed by atoms with Crippen molar-refractivity contribution in [3.8, 4) is 0 Å². The van der Waals surface area contributed by atoms with E-state index < -0.39 is 0 Å². The molecule has 0 aromatic rings. The van der Waals surface area contributed by atoms with Gasteiger partial charge in [0.05, 0.1) is 0 Å². The van der Waals surface area contributed by atoms with Crippen LogP contribution in [0.1, 0.15) is 19.8 Å². The fourth-order valence-electron chi connectivity index (χ4n) is 1.53. The van der Waals surface area contributed by atoms with E-state index in [-0.39, 0.29) is 0 Å². The summed E-state index contributed by atoms with van der Waals surface area (Å²) in [4.78, 5) is 2.51. The zero-order valence-electron chi connectivity index (χ0n) is 8.27. The highest BCUT2D eigenvalue weighted by Crippen LogP contribution is 2.13. The van der Waals surface area contributed by atoms with Gasteiger partial charge in [-0.05, 0) is 26.8 Å². The molecule has 1 heterocycles. The number of rotatable bonds is 3. The third-order valence-corrected chi connectivity index (χ3v) is 2.59. The highest BCUT2D eigenvalue weighted by atomic mass is 15.1. The Balaban J connectivity index is 2.21. The van der Waals surface area contributed by atoms with E-state index in [9.17, 15) is 0 Å². The molecule has 0 saturated carbocycles. The number of nitrogens with zero attached hydrogens (tertiary/aromatic N) is 1. The number of likely N-dealkylation sites (tertiary alicyclic amines) is 1. The lowest BCUT2D eigenvalue weighted by Gasteiger charge is -2.29. The van der Waals surface area contributed by atoms with Crippen LogP contribution in [-0.4, -0.2) is 37.6 Å². The second-order valence-electron chi connectivity index (χ2n) is 3.74. The van der Waals surface area contributed by atoms with Gasteiger partial charge in [0.1, 0.15) is 0 Å². The van der Waals surface area contributed by atoms with Crippen LogP contribution in [0.25, 0.3) is 0 Å². The molecule has 12 heavy (non-hydrogen) atoms. The molecule has 2 nitrogen and oxygen atoms in total. The van der Waals surface area contributed by atoms with Gasteiger partial charge >= 0.3 is 0 Å². The monoisotopic (exact) mass is 168 g/mol. The molecule has 1 N–H and O–H groups in total. The summed E-state index contributed by atoms with van der Waals surface area (Å²) in [6.07, 6.45) is 2.38. The fourth-order valence-corrected chi connectivity index (χ4v) is 1.53. The largest absolute Gasteiger partial charge is 0.316 e. The molecule has 0 radical (unpaired) electrons. The van der Waals surface area contributed by atoms with Crippen LogP contribution in [0.4, 0.5) is 0 Å². The Morgan fingerprint density at radius 3 is 2.58 bits per heavy atom. The molecule has 70 valence electrons. The van der Waals surface area contributed by atoms with Crippen LogP contribution >= 0.6 is 0 Å². The maximum atomic E-state index is 4.01. The quantitative estimate of drug-likeness (QED) is 0.638. The van der Waals surface area contributed by atoms with Gasteiger partial charge in [0.2, 0.25) is 0 Å². The first-order valence-electron chi connectivity index (χ1n) is 4.78. The number of hydrogen-bond acceptors (Lipinski definition) is 2. The highest BCUT2D eigenvalue weighted by Gasteiger charge is 2.13. The van der Waals surface area contributed by atoms with Gasteiger partial charge in [-0.2, -0.15) is 0 Å². The first-order chi connectivity index (χ1) is 5.72. The molecule has 0 aromatic heterocycles. The Morgan fingerprint density at radius 2 is 2.08 bits per heavy atom. The van der Waals surface area contributed by atoms with Gasteiger partial charge in [0.15, 0.2) is 0 Å². The SMILES string of the molecule is C=C1CCN(CC(C)NC)CC1. The molecule has 0 amide bonds. The molecule has 2 heteroatoms. The Labute approximate surface area is 75.6 Å². The van der Waals surface area contributed by atoms with Gasteiger partial charge in [0, 0.05) is 25.7 Å². The van der Waals surface area contributed by atoms with E-state index in [1.54, 1.807) is 0 Å². The summed E-state index contributed by atoms with van der Waals surface area (Å²) in [7, 11) is 2.02. The van der Waals surface area contributed by atoms with Crippen LogP contribution in [0.3, 0.4) is 0 Å². The van der Waals surface area contributed by atoms with Crippen molar-refractivity contribution in [2.24, 2.45) is 0 Å². The van der Waals surface area contributed by atoms with E-state index in [2.05, 4.69) is 23.7 Å². The zero-order valence-corrected chi connectivity index (χ0v) is 8.27. The Kier molecular flexibility index (Phi) is 3.76. The summed E-state index contributed by atoms with van der Waals surface area (Å²) in [5, 5.41) is 3.26. The molecule has 1 atom stereocenters. The summed E-state index contributed by atoms with van der Waals surface area (Å²) in [5.74, 6) is 0. The number of likely N-dealkylation sites (N-methyl/N-ethyl adjacent to an activating group) is 1. The second-order valence-corrected chi connectivity index (χ2v) is 3.74. The summed E-state index contributed by atoms with van der Waals surface area (Å²) in [5.41, 5.74) is 1.42. The van der Waals surface area contributed by atoms with Gasteiger partial charge in [-0.3, -0.25) is 0 Å². The third-order valence-electron chi connectivity index (χ3n) is 2.59. The van der Waals surface area contributed by atoms with Crippen molar-refractivity contribution in [1.82, 2.24) is 10.2 Å². The van der Waals surface area contributed by atoms with Gasteiger partial charge in [-0.25, -0.2) is 0 Å². The lowest BCUT2D eigenvalue weighted by molar-refractivity contribution is 0.236. The normalized spacial score (nSPS) is 22.7. The van der Waals surface area contributed by atoms with Gasteiger partial charge < -0.3 is 10.2 Å². The first-order valence-corrected chi connectivity index (χ1v) is 4.78. The first kappa shape index (κ1) is 9.75. The predicted octanol–water partition coefficient (Wildman–Crippen LogP) is 1.25. The average molecular weight is 168 g/mol.